The monoisotopic (exact) mass is 382 g/mol. The molecule has 0 aliphatic rings. The van der Waals surface area contributed by atoms with E-state index < -0.39 is 5.97 Å². The summed E-state index contributed by atoms with van der Waals surface area (Å²) in [7, 11) is 1.45. The molecule has 0 radical (unpaired) electrons. The van der Waals surface area contributed by atoms with Crippen molar-refractivity contribution in [3.63, 3.8) is 0 Å². The number of hydrogen-bond acceptors (Lipinski definition) is 6. The van der Waals surface area contributed by atoms with E-state index in [0.717, 1.165) is 16.3 Å². The number of thiazole rings is 1. The second-order valence-electron chi connectivity index (χ2n) is 5.85. The van der Waals surface area contributed by atoms with Gasteiger partial charge in [-0.2, -0.15) is 0 Å². The maximum atomic E-state index is 11.5. The fraction of sp³-hybridized carbons (Fsp3) is 0.150. The predicted molar refractivity (Wildman–Crippen MR) is 104 cm³/mol. The number of anilines is 2. The van der Waals surface area contributed by atoms with Gasteiger partial charge in [0, 0.05) is 34.1 Å². The van der Waals surface area contributed by atoms with Crippen molar-refractivity contribution in [2.24, 2.45) is 0 Å². The van der Waals surface area contributed by atoms with Crippen LogP contribution in [0.4, 0.5) is 11.4 Å². The molecule has 3 rings (SSSR count). The largest absolute Gasteiger partial charge is 0.496 e. The molecule has 2 aromatic carbocycles. The van der Waals surface area contributed by atoms with Crippen LogP contribution < -0.4 is 9.64 Å². The minimum absolute atomic E-state index is 0.00281. The third-order valence-electron chi connectivity index (χ3n) is 4.11. The van der Waals surface area contributed by atoms with Crippen molar-refractivity contribution in [2.75, 3.05) is 12.0 Å². The van der Waals surface area contributed by atoms with Crippen molar-refractivity contribution >= 4 is 34.5 Å². The predicted octanol–water partition coefficient (Wildman–Crippen LogP) is 4.39. The molecule has 0 spiro atoms. The molecule has 0 aliphatic carbocycles. The molecule has 0 unspecified atom stereocenters. The lowest BCUT2D eigenvalue weighted by molar-refractivity contribution is 0.0693. The van der Waals surface area contributed by atoms with Gasteiger partial charge in [-0.05, 0) is 43.3 Å². The number of Topliss-reactive ketones (excluding diaryl/α,β-unsaturated/α-hetero) is 1. The summed E-state index contributed by atoms with van der Waals surface area (Å²) in [6.45, 7) is 2.08. The molecule has 1 N–H and O–H groups in total. The van der Waals surface area contributed by atoms with Gasteiger partial charge in [-0.1, -0.05) is 0 Å². The molecule has 6 nitrogen and oxygen atoms in total. The zero-order valence-corrected chi connectivity index (χ0v) is 15.7. The Morgan fingerprint density at radius 1 is 1.15 bits per heavy atom. The maximum absolute atomic E-state index is 11.5. The number of carbonyl (C=O) groups is 2. The van der Waals surface area contributed by atoms with Crippen molar-refractivity contribution in [3.8, 4) is 5.75 Å². The molecule has 138 valence electrons. The van der Waals surface area contributed by atoms with E-state index in [-0.39, 0.29) is 17.1 Å². The van der Waals surface area contributed by atoms with Gasteiger partial charge in [0.05, 0.1) is 19.2 Å². The van der Waals surface area contributed by atoms with Gasteiger partial charge in [-0.25, -0.2) is 4.79 Å². The summed E-state index contributed by atoms with van der Waals surface area (Å²) >= 11 is 1.53. The molecule has 0 atom stereocenters. The number of nitrogens with zero attached hydrogens (tertiary/aromatic N) is 2. The zero-order chi connectivity index (χ0) is 19.4. The molecule has 0 aliphatic heterocycles. The van der Waals surface area contributed by atoms with Gasteiger partial charge in [-0.3, -0.25) is 9.78 Å². The van der Waals surface area contributed by atoms with Gasteiger partial charge in [-0.15, -0.1) is 11.3 Å². The Labute approximate surface area is 160 Å². The lowest BCUT2D eigenvalue weighted by Gasteiger charge is -2.25. The van der Waals surface area contributed by atoms with Crippen LogP contribution in [0.5, 0.6) is 5.75 Å². The summed E-state index contributed by atoms with van der Waals surface area (Å²) in [6.07, 6.45) is 1.80. The smallest absolute Gasteiger partial charge is 0.339 e. The number of aromatic carboxylic acids is 1. The Hall–Kier alpha value is -3.19. The summed E-state index contributed by atoms with van der Waals surface area (Å²) in [6, 6.07) is 12.3. The molecule has 3 aromatic rings. The summed E-state index contributed by atoms with van der Waals surface area (Å²) in [5.74, 6) is -0.754. The number of ketones is 1. The van der Waals surface area contributed by atoms with Crippen LogP contribution in [0.1, 0.15) is 32.5 Å². The lowest BCUT2D eigenvalue weighted by Crippen LogP contribution is -2.16. The quantitative estimate of drug-likeness (QED) is 0.611. The minimum atomic E-state index is -1.04. The van der Waals surface area contributed by atoms with E-state index in [1.807, 2.05) is 17.0 Å². The normalized spacial score (nSPS) is 10.4. The molecule has 0 amide bonds. The van der Waals surface area contributed by atoms with Crippen LogP contribution >= 0.6 is 11.3 Å². The summed E-state index contributed by atoms with van der Waals surface area (Å²) in [5.41, 5.74) is 4.15. The molecule has 7 heteroatoms. The van der Waals surface area contributed by atoms with Crippen LogP contribution in [0, 0.1) is 0 Å². The van der Waals surface area contributed by atoms with Crippen molar-refractivity contribution < 1.29 is 19.4 Å². The van der Waals surface area contributed by atoms with Crippen LogP contribution in [-0.2, 0) is 6.54 Å². The topological polar surface area (TPSA) is 79.7 Å². The van der Waals surface area contributed by atoms with E-state index in [4.69, 9.17) is 4.74 Å². The summed E-state index contributed by atoms with van der Waals surface area (Å²) in [5, 5.41) is 9.30. The third kappa shape index (κ3) is 4.15. The van der Waals surface area contributed by atoms with E-state index >= 15 is 0 Å². The van der Waals surface area contributed by atoms with Crippen LogP contribution in [-0.4, -0.2) is 29.0 Å². The molecule has 0 bridgehead atoms. The Morgan fingerprint density at radius 3 is 2.41 bits per heavy atom. The van der Waals surface area contributed by atoms with Crippen molar-refractivity contribution in [1.29, 1.82) is 0 Å². The molecule has 1 aromatic heterocycles. The summed E-state index contributed by atoms with van der Waals surface area (Å²) < 4.78 is 5.26. The number of hydrogen-bond donors (Lipinski definition) is 1. The van der Waals surface area contributed by atoms with Gasteiger partial charge in [0.15, 0.2) is 5.78 Å². The zero-order valence-electron chi connectivity index (χ0n) is 14.9. The van der Waals surface area contributed by atoms with E-state index in [2.05, 4.69) is 4.98 Å². The first-order chi connectivity index (χ1) is 13.0. The molecule has 0 saturated carbocycles. The highest BCUT2D eigenvalue weighted by molar-refractivity contribution is 7.09. The Morgan fingerprint density at radius 2 is 1.85 bits per heavy atom. The fourth-order valence-electron chi connectivity index (χ4n) is 2.71. The first-order valence-electron chi connectivity index (χ1n) is 8.17. The number of aromatic nitrogens is 1. The van der Waals surface area contributed by atoms with E-state index in [1.54, 1.807) is 36.0 Å². The van der Waals surface area contributed by atoms with Gasteiger partial charge < -0.3 is 14.7 Å². The highest BCUT2D eigenvalue weighted by atomic mass is 32.1. The highest BCUT2D eigenvalue weighted by Crippen LogP contribution is 2.33. The maximum Gasteiger partial charge on any atom is 0.339 e. The van der Waals surface area contributed by atoms with Gasteiger partial charge in [0.25, 0.3) is 0 Å². The molecule has 1 heterocycles. The van der Waals surface area contributed by atoms with Crippen molar-refractivity contribution in [2.45, 2.75) is 13.5 Å². The standard InChI is InChI=1S/C20H18N2O4S/c1-13(23)14-3-5-15(6-4-14)22(11-17-10-21-12-27-17)16-7-8-18(20(24)25)19(9-16)26-2/h3-10,12H,11H2,1-2H3,(H,24,25). The van der Waals surface area contributed by atoms with Crippen molar-refractivity contribution in [1.82, 2.24) is 4.98 Å². The molecule has 0 fully saturated rings. The number of carboxylic acid groups (broad SMARTS) is 1. The second kappa shape index (κ2) is 8.01. The molecular weight excluding hydrogens is 364 g/mol. The summed E-state index contributed by atoms with van der Waals surface area (Å²) in [4.78, 5) is 30.1. The molecule has 0 saturated heterocycles. The number of carbonyl (C=O) groups excluding carboxylic acids is 1. The van der Waals surface area contributed by atoms with Crippen LogP contribution in [0.3, 0.4) is 0 Å². The first kappa shape index (κ1) is 18.6. The van der Waals surface area contributed by atoms with Gasteiger partial charge >= 0.3 is 5.97 Å². The number of benzene rings is 2. The van der Waals surface area contributed by atoms with E-state index in [1.165, 1.54) is 31.4 Å². The highest BCUT2D eigenvalue weighted by Gasteiger charge is 2.17. The number of methoxy groups -OCH3 is 1. The average Bonchev–Trinajstić information content (AvgIpc) is 3.19. The number of ether oxygens (including phenoxy) is 1. The Kier molecular flexibility index (Phi) is 5.52. The van der Waals surface area contributed by atoms with Crippen molar-refractivity contribution in [3.05, 3.63) is 70.2 Å². The number of carboxylic acids is 1. The van der Waals surface area contributed by atoms with E-state index in [0.29, 0.717) is 12.1 Å². The van der Waals surface area contributed by atoms with Gasteiger partial charge in [0.2, 0.25) is 0 Å². The third-order valence-corrected chi connectivity index (χ3v) is 4.87. The van der Waals surface area contributed by atoms with E-state index in [9.17, 15) is 14.7 Å². The van der Waals surface area contributed by atoms with Crippen LogP contribution in [0.15, 0.2) is 54.2 Å². The van der Waals surface area contributed by atoms with Gasteiger partial charge in [0.1, 0.15) is 11.3 Å². The Balaban J connectivity index is 2.04. The van der Waals surface area contributed by atoms with Crippen LogP contribution in [0.2, 0.25) is 0 Å². The molecular formula is C20H18N2O4S. The first-order valence-corrected chi connectivity index (χ1v) is 9.05. The Bertz CT molecular complexity index is 953. The SMILES string of the molecule is COc1cc(N(Cc2cncs2)c2ccc(C(C)=O)cc2)ccc1C(=O)O. The fourth-order valence-corrected chi connectivity index (χ4v) is 3.29. The second-order valence-corrected chi connectivity index (χ2v) is 6.82. The van der Waals surface area contributed by atoms with Crippen LogP contribution in [0.25, 0.3) is 0 Å². The average molecular weight is 382 g/mol. The lowest BCUT2D eigenvalue weighted by atomic mass is 10.1. The minimum Gasteiger partial charge on any atom is -0.496 e. The number of rotatable bonds is 7. The molecule has 27 heavy (non-hydrogen) atoms.